The van der Waals surface area contributed by atoms with Crippen molar-refractivity contribution in [1.29, 1.82) is 0 Å². The van der Waals surface area contributed by atoms with Crippen molar-refractivity contribution in [3.63, 3.8) is 0 Å². The van der Waals surface area contributed by atoms with E-state index in [9.17, 15) is 9.90 Å². The Kier molecular flexibility index (Phi) is 9.98. The van der Waals surface area contributed by atoms with Gasteiger partial charge in [-0.2, -0.15) is 0 Å². The van der Waals surface area contributed by atoms with Crippen LogP contribution in [-0.4, -0.2) is 5.97 Å². The third kappa shape index (κ3) is 6.39. The first-order valence-electron chi connectivity index (χ1n) is 3.93. The molecule has 0 aromatic rings. The van der Waals surface area contributed by atoms with Gasteiger partial charge in [-0.15, -0.1) is 0 Å². The molecule has 69 valence electrons. The van der Waals surface area contributed by atoms with Crippen LogP contribution in [0.2, 0.25) is 0 Å². The number of hydrogen-bond acceptors (Lipinski definition) is 2. The van der Waals surface area contributed by atoms with E-state index in [2.05, 4.69) is 6.92 Å². The molecular weight excluding hydrogens is 192 g/mol. The predicted octanol–water partition coefficient (Wildman–Crippen LogP) is 0.950. The third-order valence-corrected chi connectivity index (χ3v) is 1.73. The van der Waals surface area contributed by atoms with Gasteiger partial charge in [-0.3, -0.25) is 0 Å². The van der Waals surface area contributed by atoms with Crippen LogP contribution in [0.4, 0.5) is 0 Å². The molecule has 0 aliphatic rings. The molecule has 0 aliphatic carbocycles. The summed E-state index contributed by atoms with van der Waals surface area (Å²) in [5.41, 5.74) is 0. The molecule has 0 saturated carbocycles. The summed E-state index contributed by atoms with van der Waals surface area (Å²) in [7, 11) is 0. The molecule has 3 heteroatoms. The van der Waals surface area contributed by atoms with Gasteiger partial charge in [-0.25, -0.2) is 0 Å². The molecule has 0 bridgehead atoms. The Morgan fingerprint density at radius 3 is 2.27 bits per heavy atom. The van der Waals surface area contributed by atoms with E-state index < -0.39 is 5.97 Å². The second kappa shape index (κ2) is 8.09. The van der Waals surface area contributed by atoms with Gasteiger partial charge in [0.05, 0.1) is 0 Å². The molecule has 0 aliphatic heterocycles. The van der Waals surface area contributed by atoms with Crippen molar-refractivity contribution in [3.05, 3.63) is 0 Å². The van der Waals surface area contributed by atoms with Gasteiger partial charge in [-0.1, -0.05) is 26.7 Å². The van der Waals surface area contributed by atoms with E-state index in [1.54, 1.807) is 0 Å². The van der Waals surface area contributed by atoms with E-state index in [4.69, 9.17) is 0 Å². The van der Waals surface area contributed by atoms with E-state index >= 15 is 0 Å². The molecule has 1 unspecified atom stereocenters. The van der Waals surface area contributed by atoms with Crippen LogP contribution in [0.3, 0.4) is 0 Å². The second-order valence-electron chi connectivity index (χ2n) is 2.57. The average molecular weight is 207 g/mol. The van der Waals surface area contributed by atoms with Crippen LogP contribution in [0.1, 0.15) is 39.5 Å². The van der Waals surface area contributed by atoms with E-state index in [1.165, 1.54) is 0 Å². The maximum absolute atomic E-state index is 10.3. The molecule has 11 heavy (non-hydrogen) atoms. The largest absolute Gasteiger partial charge is 2.00 e. The van der Waals surface area contributed by atoms with Gasteiger partial charge in [-0.05, 0) is 18.8 Å². The number of carboxylic acid groups (broad SMARTS) is 1. The molecule has 1 atom stereocenters. The Morgan fingerprint density at radius 2 is 2.00 bits per heavy atom. The minimum Gasteiger partial charge on any atom is -0.550 e. The molecule has 0 rings (SSSR count). The standard InChI is InChI=1S/C8H16O2.Cu/c1-3-5-6-7(4-2)8(9)10;/h7H,3-6H2,1-2H3,(H,9,10);/q;+2/p-1. The van der Waals surface area contributed by atoms with Gasteiger partial charge < -0.3 is 9.90 Å². The van der Waals surface area contributed by atoms with Gasteiger partial charge in [0.15, 0.2) is 0 Å². The van der Waals surface area contributed by atoms with Crippen LogP contribution in [0.15, 0.2) is 0 Å². The monoisotopic (exact) mass is 206 g/mol. The van der Waals surface area contributed by atoms with Gasteiger partial charge in [0.2, 0.25) is 0 Å². The number of hydrogen-bond donors (Lipinski definition) is 0. The summed E-state index contributed by atoms with van der Waals surface area (Å²) in [6, 6.07) is 0. The Hall–Kier alpha value is -0.0105. The first-order valence-corrected chi connectivity index (χ1v) is 3.93. The molecule has 0 aromatic carbocycles. The Bertz CT molecular complexity index is 104. The molecule has 1 radical (unpaired) electrons. The molecule has 0 spiro atoms. The van der Waals surface area contributed by atoms with Gasteiger partial charge in [0.1, 0.15) is 0 Å². The van der Waals surface area contributed by atoms with Crippen LogP contribution >= 0.6 is 0 Å². The zero-order valence-electron chi connectivity index (χ0n) is 7.02. The van der Waals surface area contributed by atoms with Crippen molar-refractivity contribution in [2.45, 2.75) is 39.5 Å². The zero-order valence-corrected chi connectivity index (χ0v) is 7.97. The van der Waals surface area contributed by atoms with Gasteiger partial charge in [0.25, 0.3) is 0 Å². The van der Waals surface area contributed by atoms with Crippen LogP contribution < -0.4 is 5.11 Å². The smallest absolute Gasteiger partial charge is 0.550 e. The summed E-state index contributed by atoms with van der Waals surface area (Å²) in [6.07, 6.45) is 3.52. The van der Waals surface area contributed by atoms with E-state index in [1.807, 2.05) is 6.92 Å². The molecule has 0 amide bonds. The van der Waals surface area contributed by atoms with Crippen molar-refractivity contribution >= 4 is 5.97 Å². The first kappa shape index (κ1) is 13.6. The van der Waals surface area contributed by atoms with E-state index in [0.717, 1.165) is 19.3 Å². The first-order chi connectivity index (χ1) is 4.72. The average Bonchev–Trinajstić information content (AvgIpc) is 1.89. The molecule has 0 fully saturated rings. The number of carbonyl (C=O) groups excluding carboxylic acids is 1. The number of carbonyl (C=O) groups is 1. The fraction of sp³-hybridized carbons (Fsp3) is 0.875. The van der Waals surface area contributed by atoms with E-state index in [-0.39, 0.29) is 23.0 Å². The van der Waals surface area contributed by atoms with Crippen LogP contribution in [-0.2, 0) is 21.9 Å². The van der Waals surface area contributed by atoms with Crippen molar-refractivity contribution < 1.29 is 27.0 Å². The quantitative estimate of drug-likeness (QED) is 0.629. The van der Waals surface area contributed by atoms with Crippen molar-refractivity contribution in [3.8, 4) is 0 Å². The van der Waals surface area contributed by atoms with Crippen molar-refractivity contribution in [2.24, 2.45) is 5.92 Å². The second-order valence-corrected chi connectivity index (χ2v) is 2.57. The maximum atomic E-state index is 10.3. The predicted molar refractivity (Wildman–Crippen MR) is 38.3 cm³/mol. The van der Waals surface area contributed by atoms with Gasteiger partial charge in [0, 0.05) is 5.97 Å². The van der Waals surface area contributed by atoms with Crippen molar-refractivity contribution in [1.82, 2.24) is 0 Å². The number of aliphatic carboxylic acids is 1. The minimum absolute atomic E-state index is 0. The number of carboxylic acids is 1. The summed E-state index contributed by atoms with van der Waals surface area (Å²) >= 11 is 0. The molecule has 0 N–H and O–H groups in total. The summed E-state index contributed by atoms with van der Waals surface area (Å²) < 4.78 is 0. The third-order valence-electron chi connectivity index (χ3n) is 1.73. The van der Waals surface area contributed by atoms with Gasteiger partial charge >= 0.3 is 17.1 Å². The Balaban J connectivity index is 0. The summed E-state index contributed by atoms with van der Waals surface area (Å²) in [5, 5.41) is 10.3. The van der Waals surface area contributed by atoms with Crippen molar-refractivity contribution in [2.75, 3.05) is 0 Å². The summed E-state index contributed by atoms with van der Waals surface area (Å²) in [5.74, 6) is -1.11. The van der Waals surface area contributed by atoms with Crippen LogP contribution in [0.25, 0.3) is 0 Å². The topological polar surface area (TPSA) is 40.1 Å². The summed E-state index contributed by atoms with van der Waals surface area (Å²) in [4.78, 5) is 10.3. The molecule has 2 nitrogen and oxygen atoms in total. The zero-order chi connectivity index (χ0) is 7.98. The van der Waals surface area contributed by atoms with Crippen LogP contribution in [0.5, 0.6) is 0 Å². The fourth-order valence-corrected chi connectivity index (χ4v) is 0.939. The summed E-state index contributed by atoms with van der Waals surface area (Å²) in [6.45, 7) is 3.94. The Labute approximate surface area is 78.8 Å². The SMILES string of the molecule is CCCCC(CC)C(=O)[O-].[Cu+2]. The fourth-order valence-electron chi connectivity index (χ4n) is 0.939. The van der Waals surface area contributed by atoms with E-state index in [0.29, 0.717) is 6.42 Å². The molecular formula is C8H15CuO2+. The maximum Gasteiger partial charge on any atom is 2.00 e. The number of rotatable bonds is 5. The molecule has 0 heterocycles. The molecule has 0 aromatic heterocycles. The Morgan fingerprint density at radius 1 is 1.45 bits per heavy atom. The normalized spacial score (nSPS) is 11.8. The molecule has 0 saturated heterocycles. The van der Waals surface area contributed by atoms with Crippen LogP contribution in [0, 0.1) is 5.92 Å². The number of unbranched alkanes of at least 4 members (excludes halogenated alkanes) is 1. The minimum atomic E-state index is -0.893.